The zero-order chi connectivity index (χ0) is 14.8. The average molecular weight is 284 g/mol. The predicted octanol–water partition coefficient (Wildman–Crippen LogP) is 3.88. The van der Waals surface area contributed by atoms with Crippen LogP contribution in [0.1, 0.15) is 33.5 Å². The Bertz CT molecular complexity index is 692. The number of carbonyl (C=O) groups is 1. The molecule has 0 amide bonds. The minimum Gasteiger partial charge on any atom is -0.493 e. The SMILES string of the molecule is Cc1cc(C(=O)CCc2ccc3c(c2)CCO3)ccc1F. The summed E-state index contributed by atoms with van der Waals surface area (Å²) in [6.07, 6.45) is 2.07. The number of rotatable bonds is 4. The number of hydrogen-bond acceptors (Lipinski definition) is 2. The molecule has 3 rings (SSSR count). The largest absolute Gasteiger partial charge is 0.493 e. The van der Waals surface area contributed by atoms with Crippen LogP contribution in [0.4, 0.5) is 4.39 Å². The van der Waals surface area contributed by atoms with Crippen molar-refractivity contribution in [2.24, 2.45) is 0 Å². The van der Waals surface area contributed by atoms with Gasteiger partial charge < -0.3 is 4.74 Å². The minimum absolute atomic E-state index is 0.0508. The van der Waals surface area contributed by atoms with Crippen LogP contribution in [0.25, 0.3) is 0 Å². The van der Waals surface area contributed by atoms with Crippen LogP contribution in [0.2, 0.25) is 0 Å². The lowest BCUT2D eigenvalue weighted by Crippen LogP contribution is -2.02. The third-order valence-electron chi connectivity index (χ3n) is 3.87. The number of halogens is 1. The summed E-state index contributed by atoms with van der Waals surface area (Å²) in [5, 5.41) is 0. The molecular formula is C18H17FO2. The van der Waals surface area contributed by atoms with Gasteiger partial charge in [0.15, 0.2) is 5.78 Å². The summed E-state index contributed by atoms with van der Waals surface area (Å²) in [5.41, 5.74) is 3.46. The standard InChI is InChI=1S/C18H17FO2/c1-12-10-14(4-5-16(12)19)17(20)6-2-13-3-7-18-15(11-13)8-9-21-18/h3-5,7,10-11H,2,6,8-9H2,1H3. The number of hydrogen-bond donors (Lipinski definition) is 0. The molecule has 0 fully saturated rings. The van der Waals surface area contributed by atoms with E-state index in [9.17, 15) is 9.18 Å². The molecule has 108 valence electrons. The average Bonchev–Trinajstić information content (AvgIpc) is 2.95. The van der Waals surface area contributed by atoms with E-state index in [1.54, 1.807) is 19.1 Å². The molecule has 2 aromatic carbocycles. The lowest BCUT2D eigenvalue weighted by atomic mass is 10.00. The van der Waals surface area contributed by atoms with Crippen molar-refractivity contribution in [3.8, 4) is 5.75 Å². The molecule has 0 N–H and O–H groups in total. The Labute approximate surface area is 123 Å². The second-order valence-electron chi connectivity index (χ2n) is 5.43. The van der Waals surface area contributed by atoms with E-state index in [-0.39, 0.29) is 11.6 Å². The van der Waals surface area contributed by atoms with Gasteiger partial charge in [-0.05, 0) is 54.3 Å². The number of ketones is 1. The normalized spacial score (nSPS) is 12.9. The lowest BCUT2D eigenvalue weighted by molar-refractivity contribution is 0.0982. The lowest BCUT2D eigenvalue weighted by Gasteiger charge is -2.05. The highest BCUT2D eigenvalue weighted by atomic mass is 19.1. The molecule has 0 atom stereocenters. The van der Waals surface area contributed by atoms with Crippen molar-refractivity contribution in [1.29, 1.82) is 0 Å². The molecule has 2 aromatic rings. The highest BCUT2D eigenvalue weighted by Crippen LogP contribution is 2.26. The molecule has 2 nitrogen and oxygen atoms in total. The van der Waals surface area contributed by atoms with Crippen molar-refractivity contribution in [3.05, 3.63) is 64.5 Å². The quantitative estimate of drug-likeness (QED) is 0.796. The van der Waals surface area contributed by atoms with Crippen LogP contribution in [0, 0.1) is 12.7 Å². The van der Waals surface area contributed by atoms with Crippen molar-refractivity contribution in [1.82, 2.24) is 0 Å². The predicted molar refractivity (Wildman–Crippen MR) is 79.4 cm³/mol. The highest BCUT2D eigenvalue weighted by Gasteiger charge is 2.13. The van der Waals surface area contributed by atoms with E-state index in [1.807, 2.05) is 12.1 Å². The molecule has 3 heteroatoms. The highest BCUT2D eigenvalue weighted by molar-refractivity contribution is 5.96. The van der Waals surface area contributed by atoms with Gasteiger partial charge in [-0.15, -0.1) is 0 Å². The smallest absolute Gasteiger partial charge is 0.163 e. The summed E-state index contributed by atoms with van der Waals surface area (Å²) in [4.78, 5) is 12.2. The number of aryl methyl sites for hydroxylation is 2. The van der Waals surface area contributed by atoms with Gasteiger partial charge in [0.1, 0.15) is 11.6 Å². The summed E-state index contributed by atoms with van der Waals surface area (Å²) >= 11 is 0. The van der Waals surface area contributed by atoms with Crippen LogP contribution in [0.3, 0.4) is 0 Å². The van der Waals surface area contributed by atoms with E-state index in [0.29, 0.717) is 24.0 Å². The van der Waals surface area contributed by atoms with Crippen LogP contribution in [0.5, 0.6) is 5.75 Å². The van der Waals surface area contributed by atoms with E-state index in [1.165, 1.54) is 11.6 Å². The number of fused-ring (bicyclic) bond motifs is 1. The molecule has 1 aliphatic rings. The van der Waals surface area contributed by atoms with Gasteiger partial charge in [-0.2, -0.15) is 0 Å². The van der Waals surface area contributed by atoms with Gasteiger partial charge in [0, 0.05) is 18.4 Å². The van der Waals surface area contributed by atoms with E-state index >= 15 is 0 Å². The van der Waals surface area contributed by atoms with Gasteiger partial charge >= 0.3 is 0 Å². The summed E-state index contributed by atoms with van der Waals surface area (Å²) in [5.74, 6) is 0.735. The molecule has 0 aliphatic carbocycles. The molecular weight excluding hydrogens is 267 g/mol. The van der Waals surface area contributed by atoms with Crippen molar-refractivity contribution in [3.63, 3.8) is 0 Å². The van der Waals surface area contributed by atoms with Crippen molar-refractivity contribution in [2.45, 2.75) is 26.2 Å². The Balaban J connectivity index is 1.67. The molecule has 0 saturated heterocycles. The molecule has 0 spiro atoms. The maximum Gasteiger partial charge on any atom is 0.163 e. The fourth-order valence-electron chi connectivity index (χ4n) is 2.62. The zero-order valence-electron chi connectivity index (χ0n) is 12.0. The third kappa shape index (κ3) is 2.97. The maximum absolute atomic E-state index is 13.2. The van der Waals surface area contributed by atoms with Crippen molar-refractivity contribution >= 4 is 5.78 Å². The first kappa shape index (κ1) is 13.8. The summed E-state index contributed by atoms with van der Waals surface area (Å²) < 4.78 is 18.7. The number of carbonyl (C=O) groups excluding carboxylic acids is 1. The Morgan fingerprint density at radius 2 is 2.10 bits per heavy atom. The maximum atomic E-state index is 13.2. The van der Waals surface area contributed by atoms with Gasteiger partial charge in [-0.1, -0.05) is 12.1 Å². The van der Waals surface area contributed by atoms with Crippen molar-refractivity contribution < 1.29 is 13.9 Å². The number of benzene rings is 2. The number of Topliss-reactive ketones (excluding diaryl/α,β-unsaturated/α-hetero) is 1. The molecule has 1 heterocycles. The molecule has 0 aromatic heterocycles. The van der Waals surface area contributed by atoms with E-state index in [2.05, 4.69) is 6.07 Å². The first-order valence-electron chi connectivity index (χ1n) is 7.17. The van der Waals surface area contributed by atoms with Gasteiger partial charge in [-0.25, -0.2) is 4.39 Å². The molecule has 21 heavy (non-hydrogen) atoms. The van der Waals surface area contributed by atoms with E-state index in [0.717, 1.165) is 24.3 Å². The van der Waals surface area contributed by atoms with Gasteiger partial charge in [0.2, 0.25) is 0 Å². The second kappa shape index (κ2) is 5.68. The van der Waals surface area contributed by atoms with Crippen LogP contribution in [-0.2, 0) is 12.8 Å². The van der Waals surface area contributed by atoms with Crippen LogP contribution in [0.15, 0.2) is 36.4 Å². The molecule has 0 saturated carbocycles. The Morgan fingerprint density at radius 1 is 1.24 bits per heavy atom. The van der Waals surface area contributed by atoms with Gasteiger partial charge in [0.05, 0.1) is 6.61 Å². The summed E-state index contributed by atoms with van der Waals surface area (Å²) in [6.45, 7) is 2.42. The first-order chi connectivity index (χ1) is 10.1. The molecule has 0 unspecified atom stereocenters. The van der Waals surface area contributed by atoms with E-state index in [4.69, 9.17) is 4.74 Å². The topological polar surface area (TPSA) is 26.3 Å². The first-order valence-corrected chi connectivity index (χ1v) is 7.17. The fraction of sp³-hybridized carbons (Fsp3) is 0.278. The van der Waals surface area contributed by atoms with Gasteiger partial charge in [0.25, 0.3) is 0 Å². The van der Waals surface area contributed by atoms with Crippen LogP contribution in [-0.4, -0.2) is 12.4 Å². The van der Waals surface area contributed by atoms with E-state index < -0.39 is 0 Å². The zero-order valence-corrected chi connectivity index (χ0v) is 12.0. The number of ether oxygens (including phenoxy) is 1. The Morgan fingerprint density at radius 3 is 2.90 bits per heavy atom. The Hall–Kier alpha value is -2.16. The second-order valence-corrected chi connectivity index (χ2v) is 5.43. The molecule has 0 radical (unpaired) electrons. The Kier molecular flexibility index (Phi) is 3.74. The monoisotopic (exact) mass is 284 g/mol. The third-order valence-corrected chi connectivity index (χ3v) is 3.87. The fourth-order valence-corrected chi connectivity index (χ4v) is 2.62. The molecule has 0 bridgehead atoms. The summed E-state index contributed by atoms with van der Waals surface area (Å²) in [6, 6.07) is 10.6. The van der Waals surface area contributed by atoms with Gasteiger partial charge in [-0.3, -0.25) is 4.79 Å². The minimum atomic E-state index is -0.273. The van der Waals surface area contributed by atoms with Crippen LogP contribution >= 0.6 is 0 Å². The van der Waals surface area contributed by atoms with Crippen molar-refractivity contribution in [2.75, 3.05) is 6.61 Å². The summed E-state index contributed by atoms with van der Waals surface area (Å²) in [7, 11) is 0. The van der Waals surface area contributed by atoms with Crippen LogP contribution < -0.4 is 4.74 Å². The molecule has 1 aliphatic heterocycles.